The Morgan fingerprint density at radius 3 is 2.33 bits per heavy atom. The summed E-state index contributed by atoms with van der Waals surface area (Å²) >= 11 is 0. The molecule has 0 fully saturated rings. The van der Waals surface area contributed by atoms with E-state index in [0.29, 0.717) is 5.56 Å². The molecule has 0 saturated carbocycles. The highest BCUT2D eigenvalue weighted by Crippen LogP contribution is 2.16. The van der Waals surface area contributed by atoms with Crippen LogP contribution >= 0.6 is 0 Å². The molecule has 4 heteroatoms. The largest absolute Gasteiger partial charge is 0.335 e. The van der Waals surface area contributed by atoms with E-state index in [-0.39, 0.29) is 22.7 Å². The molecule has 0 atom stereocenters. The number of nitrogens with zero attached hydrogens (tertiary/aromatic N) is 3. The van der Waals surface area contributed by atoms with Crippen molar-refractivity contribution < 1.29 is 4.79 Å². The first-order valence-electron chi connectivity index (χ1n) is 7.58. The molecular formula is C20H19N3O. The van der Waals surface area contributed by atoms with Gasteiger partial charge in [-0.15, -0.1) is 0 Å². The van der Waals surface area contributed by atoms with Crippen LogP contribution in [0.25, 0.3) is 0 Å². The zero-order chi connectivity index (χ0) is 17.7. The van der Waals surface area contributed by atoms with E-state index in [2.05, 4.69) is 16.8 Å². The Labute approximate surface area is 142 Å². The summed E-state index contributed by atoms with van der Waals surface area (Å²) < 4.78 is 0. The molecule has 120 valence electrons. The van der Waals surface area contributed by atoms with E-state index >= 15 is 0 Å². The van der Waals surface area contributed by atoms with Gasteiger partial charge in [-0.3, -0.25) is 4.79 Å². The molecule has 0 bridgehead atoms. The topological polar surface area (TPSA) is 57.0 Å². The van der Waals surface area contributed by atoms with Crippen LogP contribution in [0.15, 0.2) is 42.6 Å². The van der Waals surface area contributed by atoms with Gasteiger partial charge in [-0.05, 0) is 39.0 Å². The minimum atomic E-state index is -0.350. The molecule has 2 aromatic rings. The van der Waals surface area contributed by atoms with Crippen LogP contribution in [-0.2, 0) is 0 Å². The third kappa shape index (κ3) is 4.00. The number of benzene rings is 1. The number of amides is 1. The van der Waals surface area contributed by atoms with Crippen LogP contribution in [0, 0.1) is 23.2 Å². The van der Waals surface area contributed by atoms with Gasteiger partial charge in [-0.25, -0.2) is 4.98 Å². The van der Waals surface area contributed by atoms with Crippen molar-refractivity contribution in [2.45, 2.75) is 26.3 Å². The molecule has 0 N–H and O–H groups in total. The second-order valence-electron chi connectivity index (χ2n) is 6.38. The van der Waals surface area contributed by atoms with E-state index in [1.54, 1.807) is 18.0 Å². The molecule has 0 spiro atoms. The Balaban J connectivity index is 2.34. The van der Waals surface area contributed by atoms with Crippen LogP contribution in [0.2, 0.25) is 0 Å². The monoisotopic (exact) mass is 317 g/mol. The molecule has 1 heterocycles. The number of carbonyl (C=O) groups excluding carboxylic acids is 1. The third-order valence-corrected chi connectivity index (χ3v) is 3.65. The Kier molecular flexibility index (Phi) is 5.02. The summed E-state index contributed by atoms with van der Waals surface area (Å²) in [6, 6.07) is 13.2. The number of rotatable bonds is 1. The van der Waals surface area contributed by atoms with Crippen molar-refractivity contribution >= 4 is 5.91 Å². The van der Waals surface area contributed by atoms with Crippen molar-refractivity contribution in [2.24, 2.45) is 0 Å². The molecular weight excluding hydrogens is 298 g/mol. The van der Waals surface area contributed by atoms with Gasteiger partial charge in [0.15, 0.2) is 0 Å². The van der Waals surface area contributed by atoms with Crippen LogP contribution in [-0.4, -0.2) is 28.4 Å². The van der Waals surface area contributed by atoms with Crippen molar-refractivity contribution in [3.8, 4) is 17.9 Å². The molecule has 0 aliphatic rings. The average molecular weight is 317 g/mol. The predicted molar refractivity (Wildman–Crippen MR) is 93.2 cm³/mol. The number of hydrogen-bond acceptors (Lipinski definition) is 3. The van der Waals surface area contributed by atoms with Gasteiger partial charge in [0, 0.05) is 29.9 Å². The summed E-state index contributed by atoms with van der Waals surface area (Å²) in [5, 5.41) is 9.35. The fourth-order valence-electron chi connectivity index (χ4n) is 1.92. The Morgan fingerprint density at radius 1 is 1.12 bits per heavy atom. The summed E-state index contributed by atoms with van der Waals surface area (Å²) in [6.07, 6.45) is 1.53. The maximum Gasteiger partial charge on any atom is 0.274 e. The molecule has 0 aliphatic carbocycles. The first-order chi connectivity index (χ1) is 11.3. The van der Waals surface area contributed by atoms with E-state index in [9.17, 15) is 10.1 Å². The Bertz CT molecular complexity index is 846. The van der Waals surface area contributed by atoms with E-state index in [1.807, 2.05) is 57.2 Å². The Morgan fingerprint density at radius 2 is 1.75 bits per heavy atom. The van der Waals surface area contributed by atoms with Crippen molar-refractivity contribution in [1.29, 1.82) is 5.26 Å². The number of aromatic nitrogens is 1. The van der Waals surface area contributed by atoms with Gasteiger partial charge in [-0.1, -0.05) is 30.0 Å². The second kappa shape index (κ2) is 6.98. The van der Waals surface area contributed by atoms with Gasteiger partial charge >= 0.3 is 0 Å². The van der Waals surface area contributed by atoms with E-state index < -0.39 is 0 Å². The molecule has 0 unspecified atom stereocenters. The van der Waals surface area contributed by atoms with Crippen molar-refractivity contribution in [2.75, 3.05) is 7.05 Å². The second-order valence-corrected chi connectivity index (χ2v) is 6.38. The van der Waals surface area contributed by atoms with Gasteiger partial charge in [-0.2, -0.15) is 5.26 Å². The fourth-order valence-corrected chi connectivity index (χ4v) is 1.92. The lowest BCUT2D eigenvalue weighted by Gasteiger charge is -2.31. The van der Waals surface area contributed by atoms with Gasteiger partial charge in [0.2, 0.25) is 0 Å². The smallest absolute Gasteiger partial charge is 0.274 e. The molecule has 1 amide bonds. The van der Waals surface area contributed by atoms with Crippen LogP contribution in [0.4, 0.5) is 0 Å². The number of carbonyl (C=O) groups is 1. The maximum atomic E-state index is 12.5. The predicted octanol–water partition coefficient (Wildman–Crippen LogP) is 3.22. The summed E-state index contributed by atoms with van der Waals surface area (Å²) in [5.74, 6) is 5.71. The van der Waals surface area contributed by atoms with E-state index in [0.717, 1.165) is 5.56 Å². The normalized spacial score (nSPS) is 10.3. The first kappa shape index (κ1) is 17.2. The lowest BCUT2D eigenvalue weighted by atomic mass is 10.0. The summed E-state index contributed by atoms with van der Waals surface area (Å²) in [5.41, 5.74) is 1.52. The highest BCUT2D eigenvalue weighted by Gasteiger charge is 2.26. The minimum absolute atomic E-state index is 0.153. The standard InChI is InChI=1S/C20H19N3O/c1-20(2,3)23(4)19(24)18-17(13-21)12-16(14-22-18)11-10-15-8-6-5-7-9-15/h5-9,12,14H,1-4H3. The molecule has 2 rings (SSSR count). The lowest BCUT2D eigenvalue weighted by Crippen LogP contribution is -2.43. The summed E-state index contributed by atoms with van der Waals surface area (Å²) in [7, 11) is 1.70. The summed E-state index contributed by atoms with van der Waals surface area (Å²) in [6.45, 7) is 5.78. The quantitative estimate of drug-likeness (QED) is 0.759. The molecule has 1 aromatic heterocycles. The van der Waals surface area contributed by atoms with Gasteiger partial charge in [0.1, 0.15) is 11.8 Å². The van der Waals surface area contributed by atoms with Crippen molar-refractivity contribution in [1.82, 2.24) is 9.88 Å². The summed E-state index contributed by atoms with van der Waals surface area (Å²) in [4.78, 5) is 18.3. The van der Waals surface area contributed by atoms with Crippen LogP contribution in [0.5, 0.6) is 0 Å². The first-order valence-corrected chi connectivity index (χ1v) is 7.58. The number of pyridine rings is 1. The van der Waals surface area contributed by atoms with Gasteiger partial charge in [0.05, 0.1) is 5.56 Å². The van der Waals surface area contributed by atoms with Gasteiger partial charge in [0.25, 0.3) is 5.91 Å². The molecule has 24 heavy (non-hydrogen) atoms. The third-order valence-electron chi connectivity index (χ3n) is 3.65. The SMILES string of the molecule is CN(C(=O)c1ncc(C#Cc2ccccc2)cc1C#N)C(C)(C)C. The molecule has 0 aliphatic heterocycles. The maximum absolute atomic E-state index is 12.5. The highest BCUT2D eigenvalue weighted by atomic mass is 16.2. The van der Waals surface area contributed by atoms with Crippen molar-refractivity contribution in [3.63, 3.8) is 0 Å². The zero-order valence-electron chi connectivity index (χ0n) is 14.3. The van der Waals surface area contributed by atoms with Crippen LogP contribution in [0.3, 0.4) is 0 Å². The molecule has 4 nitrogen and oxygen atoms in total. The van der Waals surface area contributed by atoms with Crippen molar-refractivity contribution in [3.05, 3.63) is 65.0 Å². The molecule has 1 aromatic carbocycles. The minimum Gasteiger partial charge on any atom is -0.335 e. The zero-order valence-corrected chi connectivity index (χ0v) is 14.3. The molecule has 0 saturated heterocycles. The number of hydrogen-bond donors (Lipinski definition) is 0. The van der Waals surface area contributed by atoms with E-state index in [1.165, 1.54) is 6.20 Å². The molecule has 0 radical (unpaired) electrons. The van der Waals surface area contributed by atoms with Gasteiger partial charge < -0.3 is 4.90 Å². The lowest BCUT2D eigenvalue weighted by molar-refractivity contribution is 0.0649. The highest BCUT2D eigenvalue weighted by molar-refractivity contribution is 5.95. The fraction of sp³-hybridized carbons (Fsp3) is 0.250. The van der Waals surface area contributed by atoms with Crippen LogP contribution < -0.4 is 0 Å². The van der Waals surface area contributed by atoms with Crippen LogP contribution in [0.1, 0.15) is 48.0 Å². The number of nitriles is 1. The Hall–Kier alpha value is -3.11. The average Bonchev–Trinajstić information content (AvgIpc) is 2.58. The van der Waals surface area contributed by atoms with E-state index in [4.69, 9.17) is 0 Å².